The third-order valence-corrected chi connectivity index (χ3v) is 6.09. The van der Waals surface area contributed by atoms with Gasteiger partial charge in [-0.15, -0.1) is 21.5 Å². The van der Waals surface area contributed by atoms with Crippen LogP contribution >= 0.6 is 23.1 Å². The molecule has 0 atom stereocenters. The number of nitrogens with zero attached hydrogens (tertiary/aromatic N) is 3. The number of carbonyl (C=O) groups excluding carboxylic acids is 2. The van der Waals surface area contributed by atoms with Gasteiger partial charge in [0, 0.05) is 6.54 Å². The van der Waals surface area contributed by atoms with Crippen LogP contribution in [0.2, 0.25) is 0 Å². The second-order valence-corrected chi connectivity index (χ2v) is 8.96. The minimum Gasteiger partial charge on any atom is -0.495 e. The summed E-state index contributed by atoms with van der Waals surface area (Å²) in [6.07, 6.45) is 0.851. The molecule has 0 unspecified atom stereocenters. The Morgan fingerprint density at radius 1 is 1.19 bits per heavy atom. The van der Waals surface area contributed by atoms with Gasteiger partial charge >= 0.3 is 6.03 Å². The smallest absolute Gasteiger partial charge is 0.321 e. The van der Waals surface area contributed by atoms with E-state index < -0.39 is 11.9 Å². The molecule has 2 N–H and O–H groups in total. The Balaban J connectivity index is 1.75. The van der Waals surface area contributed by atoms with E-state index in [1.807, 2.05) is 46.3 Å². The summed E-state index contributed by atoms with van der Waals surface area (Å²) in [4.78, 5) is 25.1. The number of aromatic nitrogens is 3. The van der Waals surface area contributed by atoms with Gasteiger partial charge in [0.2, 0.25) is 5.91 Å². The Morgan fingerprint density at radius 2 is 2.00 bits per heavy atom. The highest BCUT2D eigenvalue weighted by molar-refractivity contribution is 7.99. The van der Waals surface area contributed by atoms with Crippen molar-refractivity contribution in [3.8, 4) is 22.1 Å². The zero-order chi connectivity index (χ0) is 22.2. The molecule has 0 bridgehead atoms. The molecule has 3 rings (SSSR count). The molecule has 0 aliphatic heterocycles. The van der Waals surface area contributed by atoms with E-state index in [1.165, 1.54) is 11.8 Å². The first-order chi connectivity index (χ1) is 15.0. The molecular weight excluding hydrogens is 434 g/mol. The third-order valence-electron chi connectivity index (χ3n) is 4.29. The van der Waals surface area contributed by atoms with Crippen molar-refractivity contribution in [1.82, 2.24) is 25.4 Å². The molecule has 164 valence electrons. The van der Waals surface area contributed by atoms with Crippen molar-refractivity contribution in [2.24, 2.45) is 5.92 Å². The molecular formula is C21H25N5O3S2. The van der Waals surface area contributed by atoms with Crippen molar-refractivity contribution in [2.45, 2.75) is 25.4 Å². The van der Waals surface area contributed by atoms with Crippen LogP contribution in [0.1, 0.15) is 20.3 Å². The average molecular weight is 460 g/mol. The Labute approximate surface area is 189 Å². The first kappa shape index (κ1) is 22.8. The maximum atomic E-state index is 12.3. The van der Waals surface area contributed by atoms with Gasteiger partial charge in [0.25, 0.3) is 0 Å². The number of hydrogen-bond acceptors (Lipinski definition) is 7. The fourth-order valence-corrected chi connectivity index (χ4v) is 4.22. The number of nitrogens with one attached hydrogen (secondary N) is 2. The number of methoxy groups -OCH3 is 1. The molecule has 8 nitrogen and oxygen atoms in total. The topological polar surface area (TPSA) is 98.1 Å². The van der Waals surface area contributed by atoms with Gasteiger partial charge in [-0.1, -0.05) is 43.8 Å². The van der Waals surface area contributed by atoms with Crippen molar-refractivity contribution < 1.29 is 14.3 Å². The molecule has 0 saturated carbocycles. The van der Waals surface area contributed by atoms with Gasteiger partial charge in [0.1, 0.15) is 5.75 Å². The summed E-state index contributed by atoms with van der Waals surface area (Å²) in [6, 6.07) is 11.0. The number of imide groups is 1. The van der Waals surface area contributed by atoms with E-state index in [0.717, 1.165) is 17.0 Å². The summed E-state index contributed by atoms with van der Waals surface area (Å²) in [5.74, 6) is 1.42. The van der Waals surface area contributed by atoms with Gasteiger partial charge in [0.05, 0.1) is 23.4 Å². The van der Waals surface area contributed by atoms with E-state index in [1.54, 1.807) is 18.4 Å². The van der Waals surface area contributed by atoms with Crippen molar-refractivity contribution in [3.05, 3.63) is 41.8 Å². The lowest BCUT2D eigenvalue weighted by Gasteiger charge is -2.13. The van der Waals surface area contributed by atoms with E-state index in [2.05, 4.69) is 34.7 Å². The second kappa shape index (κ2) is 11.0. The zero-order valence-electron chi connectivity index (χ0n) is 17.6. The molecule has 3 amide bonds. The summed E-state index contributed by atoms with van der Waals surface area (Å²) in [5.41, 5.74) is 0.771. The van der Waals surface area contributed by atoms with Gasteiger partial charge in [-0.05, 0) is 35.9 Å². The van der Waals surface area contributed by atoms with Crippen LogP contribution in [-0.2, 0) is 4.79 Å². The molecule has 10 heteroatoms. The summed E-state index contributed by atoms with van der Waals surface area (Å²) in [6.45, 7) is 4.67. The van der Waals surface area contributed by atoms with E-state index in [9.17, 15) is 9.59 Å². The lowest BCUT2D eigenvalue weighted by molar-refractivity contribution is -0.117. The maximum absolute atomic E-state index is 12.3. The standard InChI is InChI=1S/C21H25N5O3S2/c1-14(2)10-11-22-20(28)23-18(27)13-31-21-25-24-19(17-9-6-12-30-17)26(21)15-7-4-5-8-16(15)29-3/h4-9,12,14H,10-11,13H2,1-3H3,(H2,22,23,27,28). The van der Waals surface area contributed by atoms with Crippen LogP contribution in [0, 0.1) is 5.92 Å². The van der Waals surface area contributed by atoms with E-state index in [0.29, 0.717) is 29.2 Å². The number of thiophene rings is 1. The molecule has 2 aromatic heterocycles. The molecule has 0 spiro atoms. The third kappa shape index (κ3) is 6.08. The van der Waals surface area contributed by atoms with Gasteiger partial charge in [-0.25, -0.2) is 4.79 Å². The molecule has 0 aliphatic carbocycles. The second-order valence-electron chi connectivity index (χ2n) is 7.07. The number of thioether (sulfide) groups is 1. The van der Waals surface area contributed by atoms with Crippen LogP contribution in [0.3, 0.4) is 0 Å². The molecule has 0 fully saturated rings. The average Bonchev–Trinajstić information content (AvgIpc) is 3.41. The molecule has 31 heavy (non-hydrogen) atoms. The highest BCUT2D eigenvalue weighted by Gasteiger charge is 2.20. The zero-order valence-corrected chi connectivity index (χ0v) is 19.3. The number of ether oxygens (including phenoxy) is 1. The highest BCUT2D eigenvalue weighted by Crippen LogP contribution is 2.33. The first-order valence-electron chi connectivity index (χ1n) is 9.82. The quantitative estimate of drug-likeness (QED) is 0.470. The van der Waals surface area contributed by atoms with Crippen LogP contribution in [0.15, 0.2) is 46.9 Å². The normalized spacial score (nSPS) is 10.8. The van der Waals surface area contributed by atoms with E-state index in [4.69, 9.17) is 4.74 Å². The summed E-state index contributed by atoms with van der Waals surface area (Å²) >= 11 is 2.75. The minimum atomic E-state index is -0.489. The summed E-state index contributed by atoms with van der Waals surface area (Å²) in [5, 5.41) is 16.2. The molecule has 1 aromatic carbocycles. The number of benzene rings is 1. The van der Waals surface area contributed by atoms with Gasteiger partial charge < -0.3 is 10.1 Å². The lowest BCUT2D eigenvalue weighted by atomic mass is 10.1. The number of carbonyl (C=O) groups is 2. The van der Waals surface area contributed by atoms with E-state index in [-0.39, 0.29) is 5.75 Å². The Morgan fingerprint density at radius 3 is 2.71 bits per heavy atom. The summed E-state index contributed by atoms with van der Waals surface area (Å²) < 4.78 is 7.38. The van der Waals surface area contributed by atoms with Crippen LogP contribution in [0.5, 0.6) is 5.75 Å². The molecule has 3 aromatic rings. The fraction of sp³-hybridized carbons (Fsp3) is 0.333. The highest BCUT2D eigenvalue weighted by atomic mass is 32.2. The molecule has 0 aliphatic rings. The Hall–Kier alpha value is -2.85. The predicted molar refractivity (Wildman–Crippen MR) is 123 cm³/mol. The minimum absolute atomic E-state index is 0.0231. The van der Waals surface area contributed by atoms with Crippen molar-refractivity contribution in [1.29, 1.82) is 0 Å². The van der Waals surface area contributed by atoms with Gasteiger partial charge in [0.15, 0.2) is 11.0 Å². The van der Waals surface area contributed by atoms with Crippen LogP contribution in [-0.4, -0.2) is 46.1 Å². The van der Waals surface area contributed by atoms with Gasteiger partial charge in [-0.2, -0.15) is 0 Å². The Kier molecular flexibility index (Phi) is 8.07. The SMILES string of the molecule is COc1ccccc1-n1c(SCC(=O)NC(=O)NCCC(C)C)nnc1-c1cccs1. The van der Waals surface area contributed by atoms with Crippen LogP contribution in [0.25, 0.3) is 16.4 Å². The first-order valence-corrected chi connectivity index (χ1v) is 11.7. The van der Waals surface area contributed by atoms with E-state index >= 15 is 0 Å². The predicted octanol–water partition coefficient (Wildman–Crippen LogP) is 3.97. The number of para-hydroxylation sites is 2. The number of rotatable bonds is 9. The Bertz CT molecular complexity index is 1020. The molecule has 0 radical (unpaired) electrons. The number of urea groups is 1. The summed E-state index contributed by atoms with van der Waals surface area (Å²) in [7, 11) is 1.60. The molecule has 2 heterocycles. The van der Waals surface area contributed by atoms with Crippen LogP contribution < -0.4 is 15.4 Å². The largest absolute Gasteiger partial charge is 0.495 e. The lowest BCUT2D eigenvalue weighted by Crippen LogP contribution is -2.40. The van der Waals surface area contributed by atoms with Crippen molar-refractivity contribution >= 4 is 35.0 Å². The number of hydrogen-bond donors (Lipinski definition) is 2. The van der Waals surface area contributed by atoms with Crippen LogP contribution in [0.4, 0.5) is 4.79 Å². The monoisotopic (exact) mass is 459 g/mol. The fourth-order valence-electron chi connectivity index (χ4n) is 2.77. The molecule has 0 saturated heterocycles. The number of amides is 3. The van der Waals surface area contributed by atoms with Crippen molar-refractivity contribution in [2.75, 3.05) is 19.4 Å². The van der Waals surface area contributed by atoms with Gasteiger partial charge in [-0.3, -0.25) is 14.7 Å². The van der Waals surface area contributed by atoms with Crippen molar-refractivity contribution in [3.63, 3.8) is 0 Å². The maximum Gasteiger partial charge on any atom is 0.321 e.